The summed E-state index contributed by atoms with van der Waals surface area (Å²) in [5, 5.41) is 0. The maximum Gasteiger partial charge on any atom is 0.0594 e. The lowest BCUT2D eigenvalue weighted by Crippen LogP contribution is -2.49. The van der Waals surface area contributed by atoms with E-state index in [-0.39, 0.29) is 0 Å². The largest absolute Gasteiger partial charge is 0.379 e. The zero-order valence-corrected chi connectivity index (χ0v) is 17.9. The quantitative estimate of drug-likeness (QED) is 0.723. The lowest BCUT2D eigenvalue weighted by Gasteiger charge is -2.40. The highest BCUT2D eigenvalue weighted by molar-refractivity contribution is 7.99. The number of nitrogens with zero attached hydrogens (tertiary/aromatic N) is 3. The van der Waals surface area contributed by atoms with Gasteiger partial charge in [0.1, 0.15) is 0 Å². The minimum atomic E-state index is 0.771. The van der Waals surface area contributed by atoms with E-state index in [9.17, 15) is 0 Å². The van der Waals surface area contributed by atoms with Crippen LogP contribution < -0.4 is 4.90 Å². The molecule has 0 atom stereocenters. The number of morpholine rings is 1. The van der Waals surface area contributed by atoms with Crippen molar-refractivity contribution in [1.29, 1.82) is 0 Å². The second kappa shape index (κ2) is 9.09. The number of rotatable bonds is 5. The standard InChI is InChI=1S/C24H31N3OS/c1-3-8-23-21(6-1)27(22-7-2-4-9-24(22)29-23)13-5-12-25-14-10-20(11-15-25)26-16-18-28-19-17-26/h1-4,6-9,20H,5,10-19H2. The maximum absolute atomic E-state index is 5.51. The normalized spacial score (nSPS) is 21.0. The average molecular weight is 410 g/mol. The lowest BCUT2D eigenvalue weighted by molar-refractivity contribution is 0.000896. The number of ether oxygens (including phenoxy) is 1. The van der Waals surface area contributed by atoms with Gasteiger partial charge in [-0.3, -0.25) is 4.90 Å². The first-order chi connectivity index (χ1) is 14.4. The van der Waals surface area contributed by atoms with Crippen LogP contribution in [0.4, 0.5) is 11.4 Å². The summed E-state index contributed by atoms with van der Waals surface area (Å²) in [6.07, 6.45) is 3.83. The monoisotopic (exact) mass is 409 g/mol. The molecule has 2 saturated heterocycles. The summed E-state index contributed by atoms with van der Waals surface area (Å²) in [5.41, 5.74) is 2.73. The molecule has 5 rings (SSSR count). The van der Waals surface area contributed by atoms with Gasteiger partial charge in [-0.05, 0) is 63.2 Å². The molecule has 2 aromatic rings. The van der Waals surface area contributed by atoms with E-state index in [1.807, 2.05) is 11.8 Å². The SMILES string of the molecule is c1ccc2c(c1)Sc1ccccc1N2CCCN1CCC(N2CCOCC2)CC1. The molecule has 0 bridgehead atoms. The topological polar surface area (TPSA) is 19.0 Å². The van der Waals surface area contributed by atoms with Crippen molar-refractivity contribution >= 4 is 23.1 Å². The fourth-order valence-corrected chi connectivity index (χ4v) is 6.02. The highest BCUT2D eigenvalue weighted by Crippen LogP contribution is 2.47. The van der Waals surface area contributed by atoms with Crippen LogP contribution in [-0.2, 0) is 4.74 Å². The molecule has 3 aliphatic rings. The van der Waals surface area contributed by atoms with Gasteiger partial charge >= 0.3 is 0 Å². The molecule has 2 fully saturated rings. The molecule has 0 saturated carbocycles. The molecule has 0 spiro atoms. The number of anilines is 2. The summed E-state index contributed by atoms with van der Waals surface area (Å²) in [6.45, 7) is 8.83. The molecule has 0 radical (unpaired) electrons. The molecule has 5 heteroatoms. The van der Waals surface area contributed by atoms with E-state index >= 15 is 0 Å². The number of piperidine rings is 1. The Bertz CT molecular complexity index is 770. The Morgan fingerprint density at radius 3 is 2.07 bits per heavy atom. The van der Waals surface area contributed by atoms with Gasteiger partial charge in [-0.25, -0.2) is 0 Å². The van der Waals surface area contributed by atoms with Gasteiger partial charge in [0.05, 0.1) is 24.6 Å². The summed E-state index contributed by atoms with van der Waals surface area (Å²) in [6, 6.07) is 18.4. The summed E-state index contributed by atoms with van der Waals surface area (Å²) in [5.74, 6) is 0. The van der Waals surface area contributed by atoms with Crippen molar-refractivity contribution in [3.8, 4) is 0 Å². The van der Waals surface area contributed by atoms with Crippen LogP contribution in [-0.4, -0.2) is 68.3 Å². The van der Waals surface area contributed by atoms with Crippen LogP contribution in [0.5, 0.6) is 0 Å². The van der Waals surface area contributed by atoms with Crippen LogP contribution in [0.2, 0.25) is 0 Å². The van der Waals surface area contributed by atoms with Crippen LogP contribution in [0, 0.1) is 0 Å². The van der Waals surface area contributed by atoms with Gasteiger partial charge in [0.15, 0.2) is 0 Å². The van der Waals surface area contributed by atoms with E-state index in [4.69, 9.17) is 4.74 Å². The minimum Gasteiger partial charge on any atom is -0.379 e. The maximum atomic E-state index is 5.51. The van der Waals surface area contributed by atoms with Crippen molar-refractivity contribution in [3.05, 3.63) is 48.5 Å². The van der Waals surface area contributed by atoms with E-state index in [0.29, 0.717) is 0 Å². The van der Waals surface area contributed by atoms with Gasteiger partial charge in [0.2, 0.25) is 0 Å². The van der Waals surface area contributed by atoms with Crippen molar-refractivity contribution in [2.75, 3.05) is 57.4 Å². The average Bonchev–Trinajstić information content (AvgIpc) is 2.79. The van der Waals surface area contributed by atoms with E-state index in [2.05, 4.69) is 63.2 Å². The molecule has 0 aromatic heterocycles. The second-order valence-electron chi connectivity index (χ2n) is 8.26. The summed E-state index contributed by atoms with van der Waals surface area (Å²) < 4.78 is 5.51. The third-order valence-corrected chi connectivity index (χ3v) is 7.64. The zero-order valence-electron chi connectivity index (χ0n) is 17.1. The van der Waals surface area contributed by atoms with E-state index in [0.717, 1.165) is 38.9 Å². The molecule has 154 valence electrons. The van der Waals surface area contributed by atoms with Gasteiger partial charge in [-0.1, -0.05) is 36.0 Å². The van der Waals surface area contributed by atoms with Crippen LogP contribution >= 0.6 is 11.8 Å². The third-order valence-electron chi connectivity index (χ3n) is 6.51. The zero-order chi connectivity index (χ0) is 19.5. The lowest BCUT2D eigenvalue weighted by atomic mass is 10.0. The van der Waals surface area contributed by atoms with Crippen LogP contribution in [0.25, 0.3) is 0 Å². The number of para-hydroxylation sites is 2. The van der Waals surface area contributed by atoms with E-state index < -0.39 is 0 Å². The molecule has 3 heterocycles. The van der Waals surface area contributed by atoms with E-state index in [1.165, 1.54) is 60.1 Å². The second-order valence-corrected chi connectivity index (χ2v) is 9.35. The number of hydrogen-bond donors (Lipinski definition) is 0. The highest BCUT2D eigenvalue weighted by Gasteiger charge is 2.26. The van der Waals surface area contributed by atoms with Gasteiger partial charge in [-0.15, -0.1) is 0 Å². The molecule has 0 aliphatic carbocycles. The first kappa shape index (κ1) is 19.4. The summed E-state index contributed by atoms with van der Waals surface area (Å²) in [4.78, 5) is 10.6. The fourth-order valence-electron chi connectivity index (χ4n) is 4.93. The molecular weight excluding hydrogens is 378 g/mol. The highest BCUT2D eigenvalue weighted by atomic mass is 32.2. The van der Waals surface area contributed by atoms with Crippen LogP contribution in [0.3, 0.4) is 0 Å². The van der Waals surface area contributed by atoms with Crippen molar-refractivity contribution in [1.82, 2.24) is 9.80 Å². The molecule has 2 aromatic carbocycles. The van der Waals surface area contributed by atoms with Gasteiger partial charge in [0.25, 0.3) is 0 Å². The number of fused-ring (bicyclic) bond motifs is 2. The first-order valence-corrected chi connectivity index (χ1v) is 11.9. The first-order valence-electron chi connectivity index (χ1n) is 11.1. The molecular formula is C24H31N3OS. The van der Waals surface area contributed by atoms with Gasteiger partial charge in [0, 0.05) is 35.5 Å². The Balaban J connectivity index is 1.17. The summed E-state index contributed by atoms with van der Waals surface area (Å²) >= 11 is 1.90. The summed E-state index contributed by atoms with van der Waals surface area (Å²) in [7, 11) is 0. The fraction of sp³-hybridized carbons (Fsp3) is 0.500. The Morgan fingerprint density at radius 2 is 1.41 bits per heavy atom. The molecule has 0 amide bonds. The predicted octanol–water partition coefficient (Wildman–Crippen LogP) is 4.48. The molecule has 4 nitrogen and oxygen atoms in total. The number of likely N-dealkylation sites (tertiary alicyclic amines) is 1. The third kappa shape index (κ3) is 4.33. The van der Waals surface area contributed by atoms with Crippen LogP contribution in [0.1, 0.15) is 19.3 Å². The predicted molar refractivity (Wildman–Crippen MR) is 120 cm³/mol. The number of hydrogen-bond acceptors (Lipinski definition) is 5. The van der Waals surface area contributed by atoms with Crippen molar-refractivity contribution in [2.24, 2.45) is 0 Å². The Labute approximate surface area is 178 Å². The molecule has 3 aliphatic heterocycles. The van der Waals surface area contributed by atoms with Gasteiger partial charge < -0.3 is 14.5 Å². The molecule has 0 N–H and O–H groups in total. The van der Waals surface area contributed by atoms with Gasteiger partial charge in [-0.2, -0.15) is 0 Å². The smallest absolute Gasteiger partial charge is 0.0594 e. The Morgan fingerprint density at radius 1 is 0.793 bits per heavy atom. The number of benzene rings is 2. The van der Waals surface area contributed by atoms with Crippen molar-refractivity contribution in [3.63, 3.8) is 0 Å². The van der Waals surface area contributed by atoms with Crippen LogP contribution in [0.15, 0.2) is 58.3 Å². The van der Waals surface area contributed by atoms with Crippen molar-refractivity contribution in [2.45, 2.75) is 35.1 Å². The Hall–Kier alpha value is -1.53. The molecule has 29 heavy (non-hydrogen) atoms. The minimum absolute atomic E-state index is 0.771. The van der Waals surface area contributed by atoms with E-state index in [1.54, 1.807) is 0 Å². The Kier molecular flexibility index (Phi) is 6.09. The molecule has 0 unspecified atom stereocenters. The van der Waals surface area contributed by atoms with Crippen molar-refractivity contribution < 1.29 is 4.74 Å².